The molecular formula is C16H27N3. The van der Waals surface area contributed by atoms with E-state index in [-0.39, 0.29) is 0 Å². The largest absolute Gasteiger partial charge is 0.326 e. The summed E-state index contributed by atoms with van der Waals surface area (Å²) in [6.07, 6.45) is 4.05. The average Bonchev–Trinajstić information content (AvgIpc) is 2.44. The Kier molecular flexibility index (Phi) is 5.83. The van der Waals surface area contributed by atoms with E-state index < -0.39 is 0 Å². The molecule has 0 bridgehead atoms. The molecule has 0 saturated carbocycles. The zero-order valence-corrected chi connectivity index (χ0v) is 12.1. The number of piperidine rings is 1. The Morgan fingerprint density at radius 3 is 3.00 bits per heavy atom. The molecule has 1 aromatic carbocycles. The quantitative estimate of drug-likeness (QED) is 0.769. The highest BCUT2D eigenvalue weighted by molar-refractivity contribution is 5.23. The Labute approximate surface area is 117 Å². The third-order valence-electron chi connectivity index (χ3n) is 4.01. The van der Waals surface area contributed by atoms with Crippen LogP contribution in [0.25, 0.3) is 0 Å². The summed E-state index contributed by atoms with van der Waals surface area (Å²) in [5, 5.41) is 3.56. The van der Waals surface area contributed by atoms with E-state index in [2.05, 4.69) is 41.5 Å². The first-order valence-electron chi connectivity index (χ1n) is 7.45. The molecule has 2 rings (SSSR count). The number of rotatable bonds is 6. The van der Waals surface area contributed by atoms with Gasteiger partial charge in [0.15, 0.2) is 0 Å². The summed E-state index contributed by atoms with van der Waals surface area (Å²) in [6.45, 7) is 5.24. The SMILES string of the molecule is CN1CCCC(CCNCc2cccc(CN)c2)C1. The summed E-state index contributed by atoms with van der Waals surface area (Å²) in [4.78, 5) is 2.46. The van der Waals surface area contributed by atoms with Crippen molar-refractivity contribution in [3.63, 3.8) is 0 Å². The van der Waals surface area contributed by atoms with Gasteiger partial charge in [-0.3, -0.25) is 0 Å². The zero-order chi connectivity index (χ0) is 13.5. The van der Waals surface area contributed by atoms with Crippen LogP contribution in [0.1, 0.15) is 30.4 Å². The van der Waals surface area contributed by atoms with Crippen molar-refractivity contribution in [1.82, 2.24) is 10.2 Å². The van der Waals surface area contributed by atoms with Crippen LogP contribution in [0.4, 0.5) is 0 Å². The molecule has 1 saturated heterocycles. The maximum Gasteiger partial charge on any atom is 0.0205 e. The molecule has 3 nitrogen and oxygen atoms in total. The number of nitrogens with two attached hydrogens (primary N) is 1. The van der Waals surface area contributed by atoms with Crippen molar-refractivity contribution in [2.24, 2.45) is 11.7 Å². The van der Waals surface area contributed by atoms with Gasteiger partial charge in [0.25, 0.3) is 0 Å². The first kappa shape index (κ1) is 14.5. The van der Waals surface area contributed by atoms with Crippen molar-refractivity contribution < 1.29 is 0 Å². The summed E-state index contributed by atoms with van der Waals surface area (Å²) in [7, 11) is 2.23. The summed E-state index contributed by atoms with van der Waals surface area (Å²) < 4.78 is 0. The van der Waals surface area contributed by atoms with E-state index in [9.17, 15) is 0 Å². The number of nitrogens with zero attached hydrogens (tertiary/aromatic N) is 1. The van der Waals surface area contributed by atoms with Crippen LogP contribution in [0.3, 0.4) is 0 Å². The van der Waals surface area contributed by atoms with Crippen molar-refractivity contribution >= 4 is 0 Å². The first-order valence-corrected chi connectivity index (χ1v) is 7.45. The third kappa shape index (κ3) is 4.94. The van der Waals surface area contributed by atoms with Crippen LogP contribution < -0.4 is 11.1 Å². The third-order valence-corrected chi connectivity index (χ3v) is 4.01. The number of nitrogens with one attached hydrogen (secondary N) is 1. The Balaban J connectivity index is 1.66. The Morgan fingerprint density at radius 2 is 2.21 bits per heavy atom. The van der Waals surface area contributed by atoms with Gasteiger partial charge in [0.1, 0.15) is 0 Å². The van der Waals surface area contributed by atoms with Gasteiger partial charge in [-0.15, -0.1) is 0 Å². The minimum atomic E-state index is 0.627. The molecular weight excluding hydrogens is 234 g/mol. The van der Waals surface area contributed by atoms with Crippen LogP contribution in [-0.2, 0) is 13.1 Å². The summed E-state index contributed by atoms with van der Waals surface area (Å²) in [5.41, 5.74) is 8.21. The molecule has 1 fully saturated rings. The van der Waals surface area contributed by atoms with E-state index in [0.29, 0.717) is 6.54 Å². The molecule has 19 heavy (non-hydrogen) atoms. The van der Waals surface area contributed by atoms with Crippen molar-refractivity contribution in [1.29, 1.82) is 0 Å². The molecule has 0 radical (unpaired) electrons. The topological polar surface area (TPSA) is 41.3 Å². The van der Waals surface area contributed by atoms with Crippen molar-refractivity contribution in [2.45, 2.75) is 32.4 Å². The van der Waals surface area contributed by atoms with Crippen molar-refractivity contribution in [3.8, 4) is 0 Å². The van der Waals surface area contributed by atoms with Crippen LogP contribution in [0, 0.1) is 5.92 Å². The van der Waals surface area contributed by atoms with Gasteiger partial charge in [-0.05, 0) is 56.4 Å². The van der Waals surface area contributed by atoms with Crippen LogP contribution in [0.2, 0.25) is 0 Å². The Morgan fingerprint density at radius 1 is 1.37 bits per heavy atom. The van der Waals surface area contributed by atoms with Crippen molar-refractivity contribution in [3.05, 3.63) is 35.4 Å². The minimum Gasteiger partial charge on any atom is -0.326 e. The van der Waals surface area contributed by atoms with E-state index in [1.165, 1.54) is 43.5 Å². The molecule has 0 aliphatic carbocycles. The molecule has 1 aliphatic rings. The lowest BCUT2D eigenvalue weighted by Gasteiger charge is -2.29. The van der Waals surface area contributed by atoms with Crippen LogP contribution in [0.15, 0.2) is 24.3 Å². The highest BCUT2D eigenvalue weighted by atomic mass is 15.1. The lowest BCUT2D eigenvalue weighted by Crippen LogP contribution is -2.33. The molecule has 1 aromatic rings. The lowest BCUT2D eigenvalue weighted by atomic mass is 9.95. The normalized spacial score (nSPS) is 20.6. The second-order valence-corrected chi connectivity index (χ2v) is 5.76. The molecule has 1 unspecified atom stereocenters. The fourth-order valence-electron chi connectivity index (χ4n) is 2.91. The van der Waals surface area contributed by atoms with Gasteiger partial charge in [0.05, 0.1) is 0 Å². The number of benzene rings is 1. The van der Waals surface area contributed by atoms with Gasteiger partial charge in [-0.25, -0.2) is 0 Å². The predicted molar refractivity (Wildman–Crippen MR) is 80.9 cm³/mol. The van der Waals surface area contributed by atoms with Crippen LogP contribution >= 0.6 is 0 Å². The van der Waals surface area contributed by atoms with E-state index in [0.717, 1.165) is 19.0 Å². The van der Waals surface area contributed by atoms with Crippen LogP contribution in [-0.4, -0.2) is 31.6 Å². The van der Waals surface area contributed by atoms with Gasteiger partial charge >= 0.3 is 0 Å². The smallest absolute Gasteiger partial charge is 0.0205 e. The number of hydrogen-bond acceptors (Lipinski definition) is 3. The van der Waals surface area contributed by atoms with Gasteiger partial charge in [-0.2, -0.15) is 0 Å². The van der Waals surface area contributed by atoms with Gasteiger partial charge in [-0.1, -0.05) is 24.3 Å². The maximum absolute atomic E-state index is 5.66. The highest BCUT2D eigenvalue weighted by Gasteiger charge is 2.16. The lowest BCUT2D eigenvalue weighted by molar-refractivity contribution is 0.201. The Hall–Kier alpha value is -0.900. The predicted octanol–water partition coefficient (Wildman–Crippen LogP) is 1.97. The second kappa shape index (κ2) is 7.63. The Bertz CT molecular complexity index is 378. The summed E-state index contributed by atoms with van der Waals surface area (Å²) in [5.74, 6) is 0.877. The molecule has 3 N–H and O–H groups in total. The number of likely N-dealkylation sites (tertiary alicyclic amines) is 1. The molecule has 0 aromatic heterocycles. The monoisotopic (exact) mass is 261 g/mol. The molecule has 3 heteroatoms. The van der Waals surface area contributed by atoms with Gasteiger partial charge in [0.2, 0.25) is 0 Å². The first-order chi connectivity index (χ1) is 9.28. The molecule has 1 heterocycles. The highest BCUT2D eigenvalue weighted by Crippen LogP contribution is 2.17. The summed E-state index contributed by atoms with van der Waals surface area (Å²) >= 11 is 0. The van der Waals surface area contributed by atoms with Gasteiger partial charge < -0.3 is 16.0 Å². The molecule has 106 valence electrons. The minimum absolute atomic E-state index is 0.627. The molecule has 1 aliphatic heterocycles. The molecule has 0 spiro atoms. The fourth-order valence-corrected chi connectivity index (χ4v) is 2.91. The van der Waals surface area contributed by atoms with Crippen molar-refractivity contribution in [2.75, 3.05) is 26.7 Å². The second-order valence-electron chi connectivity index (χ2n) is 5.76. The van der Waals surface area contributed by atoms with E-state index in [4.69, 9.17) is 5.73 Å². The van der Waals surface area contributed by atoms with E-state index >= 15 is 0 Å². The zero-order valence-electron chi connectivity index (χ0n) is 12.1. The van der Waals surface area contributed by atoms with E-state index in [1.54, 1.807) is 0 Å². The molecule has 0 amide bonds. The average molecular weight is 261 g/mol. The van der Waals surface area contributed by atoms with Crippen LogP contribution in [0.5, 0.6) is 0 Å². The maximum atomic E-state index is 5.66. The van der Waals surface area contributed by atoms with E-state index in [1.807, 2.05) is 0 Å². The van der Waals surface area contributed by atoms with Gasteiger partial charge in [0, 0.05) is 19.6 Å². The summed E-state index contributed by atoms with van der Waals surface area (Å²) in [6, 6.07) is 8.54. The number of hydrogen-bond donors (Lipinski definition) is 2. The fraction of sp³-hybridized carbons (Fsp3) is 0.625. The standard InChI is InChI=1S/C16H27N3/c1-19-9-3-6-14(13-19)7-8-18-12-16-5-2-4-15(10-16)11-17/h2,4-5,10,14,18H,3,6-9,11-13,17H2,1H3. The molecule has 1 atom stereocenters.